The topological polar surface area (TPSA) is 55.9 Å². The van der Waals surface area contributed by atoms with Crippen LogP contribution in [0.2, 0.25) is 0 Å². The third-order valence-corrected chi connectivity index (χ3v) is 3.89. The van der Waals surface area contributed by atoms with Crippen molar-refractivity contribution in [3.05, 3.63) is 39.8 Å². The number of aryl methyl sites for hydroxylation is 2. The summed E-state index contributed by atoms with van der Waals surface area (Å²) < 4.78 is 2.02. The van der Waals surface area contributed by atoms with Crippen molar-refractivity contribution < 1.29 is 0 Å². The lowest BCUT2D eigenvalue weighted by Crippen LogP contribution is -2.30. The van der Waals surface area contributed by atoms with Crippen molar-refractivity contribution in [1.82, 2.24) is 15.2 Å². The number of thiophene rings is 1. The zero-order chi connectivity index (χ0) is 12.3. The number of hydrogen-bond donors (Lipinski definition) is 2. The average molecular weight is 250 g/mol. The molecule has 0 spiro atoms. The molecule has 92 valence electrons. The van der Waals surface area contributed by atoms with Crippen LogP contribution in [0.5, 0.6) is 0 Å². The van der Waals surface area contributed by atoms with Crippen molar-refractivity contribution in [2.45, 2.75) is 32.9 Å². The number of aromatic nitrogens is 2. The third-order valence-electron chi connectivity index (χ3n) is 2.81. The smallest absolute Gasteiger partial charge is 0.0972 e. The van der Waals surface area contributed by atoms with Gasteiger partial charge in [-0.1, -0.05) is 6.92 Å². The highest BCUT2D eigenvalue weighted by Gasteiger charge is 2.19. The van der Waals surface area contributed by atoms with Crippen LogP contribution in [0.25, 0.3) is 0 Å². The van der Waals surface area contributed by atoms with Crippen molar-refractivity contribution in [3.8, 4) is 0 Å². The fraction of sp³-hybridized carbons (Fsp3) is 0.417. The van der Waals surface area contributed by atoms with Crippen LogP contribution in [0, 0.1) is 6.92 Å². The molecule has 4 nitrogen and oxygen atoms in total. The SMILES string of the molecule is CCCn1nccc1C(NN)c1sccc1C. The van der Waals surface area contributed by atoms with Crippen LogP contribution < -0.4 is 11.3 Å². The Labute approximate surface area is 105 Å². The maximum Gasteiger partial charge on any atom is 0.0972 e. The van der Waals surface area contributed by atoms with Gasteiger partial charge in [0.05, 0.1) is 11.7 Å². The van der Waals surface area contributed by atoms with E-state index in [1.54, 1.807) is 11.3 Å². The Morgan fingerprint density at radius 3 is 2.94 bits per heavy atom. The molecule has 2 aromatic heterocycles. The van der Waals surface area contributed by atoms with E-state index in [9.17, 15) is 0 Å². The summed E-state index contributed by atoms with van der Waals surface area (Å²) in [6.45, 7) is 5.17. The number of hydrazine groups is 1. The minimum Gasteiger partial charge on any atom is -0.270 e. The molecule has 17 heavy (non-hydrogen) atoms. The Hall–Kier alpha value is -1.17. The van der Waals surface area contributed by atoms with Crippen LogP contribution in [0.1, 0.15) is 35.5 Å². The van der Waals surface area contributed by atoms with Crippen LogP contribution in [-0.2, 0) is 6.54 Å². The summed E-state index contributed by atoms with van der Waals surface area (Å²) >= 11 is 1.72. The second kappa shape index (κ2) is 5.44. The molecular formula is C12H18N4S. The molecule has 0 saturated carbocycles. The molecule has 0 saturated heterocycles. The van der Waals surface area contributed by atoms with E-state index in [0.717, 1.165) is 18.7 Å². The zero-order valence-corrected chi connectivity index (χ0v) is 11.0. The van der Waals surface area contributed by atoms with Gasteiger partial charge >= 0.3 is 0 Å². The zero-order valence-electron chi connectivity index (χ0n) is 10.2. The molecule has 2 heterocycles. The van der Waals surface area contributed by atoms with Crippen molar-refractivity contribution in [3.63, 3.8) is 0 Å². The monoisotopic (exact) mass is 250 g/mol. The first kappa shape index (κ1) is 12.3. The summed E-state index contributed by atoms with van der Waals surface area (Å²) in [7, 11) is 0. The van der Waals surface area contributed by atoms with Gasteiger partial charge in [-0.15, -0.1) is 11.3 Å². The molecule has 1 atom stereocenters. The van der Waals surface area contributed by atoms with Crippen LogP contribution in [0.3, 0.4) is 0 Å². The normalized spacial score (nSPS) is 12.9. The van der Waals surface area contributed by atoms with E-state index in [4.69, 9.17) is 5.84 Å². The summed E-state index contributed by atoms with van der Waals surface area (Å²) in [6.07, 6.45) is 2.90. The molecule has 0 aliphatic heterocycles. The fourth-order valence-electron chi connectivity index (χ4n) is 1.96. The number of nitrogens with two attached hydrogens (primary N) is 1. The highest BCUT2D eigenvalue weighted by atomic mass is 32.1. The van der Waals surface area contributed by atoms with Crippen LogP contribution in [0.15, 0.2) is 23.7 Å². The molecule has 2 aromatic rings. The molecule has 0 fully saturated rings. The Kier molecular flexibility index (Phi) is 3.93. The van der Waals surface area contributed by atoms with E-state index in [1.165, 1.54) is 10.4 Å². The second-order valence-electron chi connectivity index (χ2n) is 4.05. The van der Waals surface area contributed by atoms with Gasteiger partial charge in [0.1, 0.15) is 0 Å². The summed E-state index contributed by atoms with van der Waals surface area (Å²) in [5, 5.41) is 6.43. The molecule has 5 heteroatoms. The van der Waals surface area contributed by atoms with Crippen molar-refractivity contribution in [1.29, 1.82) is 0 Å². The number of nitrogens with zero attached hydrogens (tertiary/aromatic N) is 2. The molecule has 0 aromatic carbocycles. The Balaban J connectivity index is 2.35. The van der Waals surface area contributed by atoms with Crippen molar-refractivity contribution in [2.75, 3.05) is 0 Å². The van der Waals surface area contributed by atoms with Gasteiger partial charge in [-0.2, -0.15) is 5.10 Å². The van der Waals surface area contributed by atoms with Gasteiger partial charge in [0.25, 0.3) is 0 Å². The Morgan fingerprint density at radius 1 is 1.53 bits per heavy atom. The third kappa shape index (κ3) is 2.41. The van der Waals surface area contributed by atoms with Gasteiger partial charge in [0, 0.05) is 17.6 Å². The molecule has 2 rings (SSSR count). The minimum atomic E-state index is 0.0315. The van der Waals surface area contributed by atoms with Gasteiger partial charge < -0.3 is 0 Å². The molecule has 0 aliphatic carbocycles. The van der Waals surface area contributed by atoms with Gasteiger partial charge in [0.2, 0.25) is 0 Å². The summed E-state index contributed by atoms with van der Waals surface area (Å²) in [4.78, 5) is 1.25. The molecule has 0 radical (unpaired) electrons. The molecule has 0 amide bonds. The molecule has 0 aliphatic rings. The first-order chi connectivity index (χ1) is 8.27. The summed E-state index contributed by atoms with van der Waals surface area (Å²) in [5.74, 6) is 5.70. The predicted octanol–water partition coefficient (Wildman–Crippen LogP) is 2.22. The molecule has 1 unspecified atom stereocenters. The Morgan fingerprint density at radius 2 is 2.35 bits per heavy atom. The lowest BCUT2D eigenvalue weighted by molar-refractivity contribution is 0.523. The number of nitrogens with one attached hydrogen (secondary N) is 1. The van der Waals surface area contributed by atoms with Crippen LogP contribution in [-0.4, -0.2) is 9.78 Å². The van der Waals surface area contributed by atoms with Crippen molar-refractivity contribution in [2.24, 2.45) is 5.84 Å². The lowest BCUT2D eigenvalue weighted by Gasteiger charge is -2.17. The van der Waals surface area contributed by atoms with E-state index in [0.29, 0.717) is 0 Å². The largest absolute Gasteiger partial charge is 0.270 e. The Bertz CT molecular complexity index is 474. The highest BCUT2D eigenvalue weighted by molar-refractivity contribution is 7.10. The predicted molar refractivity (Wildman–Crippen MR) is 70.7 cm³/mol. The number of rotatable bonds is 5. The lowest BCUT2D eigenvalue weighted by atomic mass is 10.1. The van der Waals surface area contributed by atoms with Crippen molar-refractivity contribution >= 4 is 11.3 Å². The van der Waals surface area contributed by atoms with E-state index in [2.05, 4.69) is 35.8 Å². The molecule has 3 N–H and O–H groups in total. The summed E-state index contributed by atoms with van der Waals surface area (Å²) in [6, 6.07) is 4.17. The maximum atomic E-state index is 5.70. The molecule has 0 bridgehead atoms. The van der Waals surface area contributed by atoms with E-state index >= 15 is 0 Å². The highest BCUT2D eigenvalue weighted by Crippen LogP contribution is 2.28. The summed E-state index contributed by atoms with van der Waals surface area (Å²) in [5.41, 5.74) is 5.29. The first-order valence-corrected chi connectivity index (χ1v) is 6.67. The van der Waals surface area contributed by atoms with Gasteiger partial charge in [-0.25, -0.2) is 5.43 Å². The number of hydrogen-bond acceptors (Lipinski definition) is 4. The quantitative estimate of drug-likeness (QED) is 0.632. The van der Waals surface area contributed by atoms with Gasteiger partial charge in [0.15, 0.2) is 0 Å². The van der Waals surface area contributed by atoms with Crippen LogP contribution in [0.4, 0.5) is 0 Å². The van der Waals surface area contributed by atoms with Gasteiger partial charge in [-0.3, -0.25) is 10.5 Å². The maximum absolute atomic E-state index is 5.70. The van der Waals surface area contributed by atoms with Gasteiger partial charge in [-0.05, 0) is 36.4 Å². The standard InChI is InChI=1S/C12H18N4S/c1-3-7-16-10(4-6-14-16)11(15-13)12-9(2)5-8-17-12/h4-6,8,11,15H,3,7,13H2,1-2H3. The van der Waals surface area contributed by atoms with E-state index in [-0.39, 0.29) is 6.04 Å². The molecular weight excluding hydrogens is 232 g/mol. The van der Waals surface area contributed by atoms with E-state index in [1.807, 2.05) is 16.9 Å². The second-order valence-corrected chi connectivity index (χ2v) is 4.99. The first-order valence-electron chi connectivity index (χ1n) is 5.79. The van der Waals surface area contributed by atoms with Crippen LogP contribution >= 0.6 is 11.3 Å². The van der Waals surface area contributed by atoms with E-state index < -0.39 is 0 Å². The fourth-order valence-corrected chi connectivity index (χ4v) is 2.96. The minimum absolute atomic E-state index is 0.0315. The average Bonchev–Trinajstić information content (AvgIpc) is 2.92.